The van der Waals surface area contributed by atoms with E-state index in [1.165, 1.54) is 26.0 Å². The first-order valence-electron chi connectivity index (χ1n) is 6.92. The number of carbonyl (C=O) groups is 2. The fourth-order valence-electron chi connectivity index (χ4n) is 1.63. The van der Waals surface area contributed by atoms with Gasteiger partial charge in [-0.1, -0.05) is 12.1 Å². The number of carbonyl (C=O) groups excluding carboxylic acids is 2. The average Bonchev–Trinajstić information content (AvgIpc) is 2.48. The van der Waals surface area contributed by atoms with E-state index < -0.39 is 41.8 Å². The minimum Gasteiger partial charge on any atom is -0.458 e. The molecule has 10 heteroatoms. The predicted molar refractivity (Wildman–Crippen MR) is 74.1 cm³/mol. The van der Waals surface area contributed by atoms with Gasteiger partial charge in [0.1, 0.15) is 6.61 Å². The largest absolute Gasteiger partial charge is 0.490 e. The summed E-state index contributed by atoms with van der Waals surface area (Å²) in [5.41, 5.74) is -1.93. The van der Waals surface area contributed by atoms with Gasteiger partial charge in [0.05, 0.1) is 11.0 Å². The molecule has 1 aromatic carbocycles. The summed E-state index contributed by atoms with van der Waals surface area (Å²) in [6.07, 6.45) is -9.64. The predicted octanol–water partition coefficient (Wildman–Crippen LogP) is 3.45. The Bertz CT molecular complexity index is 620. The van der Waals surface area contributed by atoms with Gasteiger partial charge in [0, 0.05) is 6.54 Å². The Balaban J connectivity index is 2.59. The third kappa shape index (κ3) is 6.28. The summed E-state index contributed by atoms with van der Waals surface area (Å²) in [5, 5.41) is 2.37. The molecule has 0 heterocycles. The van der Waals surface area contributed by atoms with Gasteiger partial charge in [-0.3, -0.25) is 4.79 Å². The van der Waals surface area contributed by atoms with Gasteiger partial charge in [-0.15, -0.1) is 0 Å². The fourth-order valence-corrected chi connectivity index (χ4v) is 1.63. The van der Waals surface area contributed by atoms with E-state index in [1.807, 2.05) is 0 Å². The number of benzene rings is 1. The molecule has 1 N–H and O–H groups in total. The number of halogens is 6. The SMILES string of the molecule is CC(C)(COC(=O)C(F)(F)F)C(=O)NCc1ccc(C(F)(F)F)cc1. The van der Waals surface area contributed by atoms with Crippen molar-refractivity contribution in [1.82, 2.24) is 5.32 Å². The van der Waals surface area contributed by atoms with Crippen LogP contribution in [0.1, 0.15) is 25.0 Å². The van der Waals surface area contributed by atoms with E-state index in [9.17, 15) is 35.9 Å². The van der Waals surface area contributed by atoms with Crippen molar-refractivity contribution < 1.29 is 40.7 Å². The number of ether oxygens (including phenoxy) is 1. The molecule has 140 valence electrons. The molecule has 25 heavy (non-hydrogen) atoms. The molecule has 0 fully saturated rings. The van der Waals surface area contributed by atoms with Gasteiger partial charge in [-0.05, 0) is 31.5 Å². The van der Waals surface area contributed by atoms with E-state index in [1.54, 1.807) is 0 Å². The molecular formula is C15H15F6NO3. The number of nitrogens with one attached hydrogen (secondary N) is 1. The monoisotopic (exact) mass is 371 g/mol. The summed E-state index contributed by atoms with van der Waals surface area (Å²) < 4.78 is 77.5. The summed E-state index contributed by atoms with van der Waals surface area (Å²) in [6.45, 7) is 1.59. The van der Waals surface area contributed by atoms with Crippen LogP contribution in [0, 0.1) is 5.41 Å². The normalized spacial score (nSPS) is 12.6. The number of amides is 1. The summed E-state index contributed by atoms with van der Waals surface area (Å²) in [6, 6.07) is 4.02. The molecule has 4 nitrogen and oxygen atoms in total. The number of hydrogen-bond acceptors (Lipinski definition) is 3. The molecule has 0 aromatic heterocycles. The van der Waals surface area contributed by atoms with E-state index in [0.29, 0.717) is 5.56 Å². The first-order valence-corrected chi connectivity index (χ1v) is 6.92. The van der Waals surface area contributed by atoms with Crippen LogP contribution in [-0.4, -0.2) is 24.7 Å². The number of rotatable bonds is 5. The number of esters is 1. The lowest BCUT2D eigenvalue weighted by Crippen LogP contribution is -2.41. The van der Waals surface area contributed by atoms with Gasteiger partial charge < -0.3 is 10.1 Å². The first-order chi connectivity index (χ1) is 11.2. The van der Waals surface area contributed by atoms with Crippen LogP contribution in [0.5, 0.6) is 0 Å². The highest BCUT2D eigenvalue weighted by atomic mass is 19.4. The minimum atomic E-state index is -5.16. The summed E-state index contributed by atoms with van der Waals surface area (Å²) in [5.74, 6) is -3.13. The first kappa shape index (κ1) is 20.8. The third-order valence-corrected chi connectivity index (χ3v) is 3.14. The van der Waals surface area contributed by atoms with Gasteiger partial charge in [-0.25, -0.2) is 4.79 Å². The van der Waals surface area contributed by atoms with Crippen molar-refractivity contribution in [3.8, 4) is 0 Å². The molecular weight excluding hydrogens is 356 g/mol. The van der Waals surface area contributed by atoms with Crippen LogP contribution >= 0.6 is 0 Å². The van der Waals surface area contributed by atoms with E-state index in [-0.39, 0.29) is 6.54 Å². The molecule has 1 amide bonds. The third-order valence-electron chi connectivity index (χ3n) is 3.14. The highest BCUT2D eigenvalue weighted by Crippen LogP contribution is 2.29. The van der Waals surface area contributed by atoms with Crippen molar-refractivity contribution in [2.75, 3.05) is 6.61 Å². The zero-order valence-corrected chi connectivity index (χ0v) is 13.2. The Kier molecular flexibility index (Phi) is 6.09. The quantitative estimate of drug-likeness (QED) is 0.637. The molecule has 0 spiro atoms. The van der Waals surface area contributed by atoms with Crippen molar-refractivity contribution in [3.63, 3.8) is 0 Å². The smallest absolute Gasteiger partial charge is 0.458 e. The molecule has 0 unspecified atom stereocenters. The van der Waals surface area contributed by atoms with Crippen LogP contribution < -0.4 is 5.32 Å². The lowest BCUT2D eigenvalue weighted by atomic mass is 9.93. The molecule has 0 radical (unpaired) electrons. The molecule has 1 aromatic rings. The second-order valence-corrected chi connectivity index (χ2v) is 5.84. The molecule has 1 rings (SSSR count). The molecule has 0 aliphatic rings. The van der Waals surface area contributed by atoms with E-state index in [2.05, 4.69) is 10.1 Å². The highest BCUT2D eigenvalue weighted by Gasteiger charge is 2.42. The maximum atomic E-state index is 12.4. The molecule has 0 aliphatic heterocycles. The number of hydrogen-bond donors (Lipinski definition) is 1. The van der Waals surface area contributed by atoms with E-state index in [0.717, 1.165) is 12.1 Å². The zero-order valence-electron chi connectivity index (χ0n) is 13.2. The maximum absolute atomic E-state index is 12.4. The van der Waals surface area contributed by atoms with Crippen molar-refractivity contribution in [2.24, 2.45) is 5.41 Å². The van der Waals surface area contributed by atoms with Crippen LogP contribution in [0.25, 0.3) is 0 Å². The van der Waals surface area contributed by atoms with Crippen molar-refractivity contribution in [3.05, 3.63) is 35.4 Å². The van der Waals surface area contributed by atoms with Crippen LogP contribution in [0.2, 0.25) is 0 Å². The second-order valence-electron chi connectivity index (χ2n) is 5.84. The standard InChI is InChI=1S/C15H15F6NO3/c1-13(2,8-25-12(24)15(19,20)21)11(23)22-7-9-3-5-10(6-4-9)14(16,17)18/h3-6H,7-8H2,1-2H3,(H,22,23). The van der Waals surface area contributed by atoms with E-state index in [4.69, 9.17) is 0 Å². The Morgan fingerprint density at radius 2 is 1.52 bits per heavy atom. The van der Waals surface area contributed by atoms with Crippen LogP contribution in [-0.2, 0) is 27.0 Å². The Hall–Kier alpha value is -2.26. The van der Waals surface area contributed by atoms with Gasteiger partial charge >= 0.3 is 18.3 Å². The summed E-state index contributed by atoms with van der Waals surface area (Å²) >= 11 is 0. The number of alkyl halides is 6. The van der Waals surface area contributed by atoms with Gasteiger partial charge in [-0.2, -0.15) is 26.3 Å². The zero-order chi connectivity index (χ0) is 19.5. The average molecular weight is 371 g/mol. The molecule has 0 bridgehead atoms. The van der Waals surface area contributed by atoms with Crippen LogP contribution in [0.15, 0.2) is 24.3 Å². The topological polar surface area (TPSA) is 55.4 Å². The molecule has 0 atom stereocenters. The Morgan fingerprint density at radius 1 is 1.00 bits per heavy atom. The highest BCUT2D eigenvalue weighted by molar-refractivity contribution is 5.82. The molecule has 0 saturated heterocycles. The van der Waals surface area contributed by atoms with Crippen molar-refractivity contribution in [2.45, 2.75) is 32.7 Å². The van der Waals surface area contributed by atoms with Gasteiger partial charge in [0.15, 0.2) is 0 Å². The molecule has 0 saturated carbocycles. The summed E-state index contributed by atoms with van der Waals surface area (Å²) in [7, 11) is 0. The van der Waals surface area contributed by atoms with Crippen LogP contribution in [0.4, 0.5) is 26.3 Å². The fraction of sp³-hybridized carbons (Fsp3) is 0.467. The lowest BCUT2D eigenvalue weighted by molar-refractivity contribution is -0.202. The van der Waals surface area contributed by atoms with E-state index >= 15 is 0 Å². The second kappa shape index (κ2) is 7.32. The molecule has 0 aliphatic carbocycles. The van der Waals surface area contributed by atoms with Crippen molar-refractivity contribution in [1.29, 1.82) is 0 Å². The summed E-state index contributed by atoms with van der Waals surface area (Å²) in [4.78, 5) is 22.6. The van der Waals surface area contributed by atoms with Crippen LogP contribution in [0.3, 0.4) is 0 Å². The van der Waals surface area contributed by atoms with Gasteiger partial charge in [0.2, 0.25) is 5.91 Å². The van der Waals surface area contributed by atoms with Crippen molar-refractivity contribution >= 4 is 11.9 Å². The Morgan fingerprint density at radius 3 is 1.96 bits per heavy atom. The lowest BCUT2D eigenvalue weighted by Gasteiger charge is -2.23. The maximum Gasteiger partial charge on any atom is 0.490 e. The Labute approximate surface area is 139 Å². The van der Waals surface area contributed by atoms with Gasteiger partial charge in [0.25, 0.3) is 0 Å². The minimum absolute atomic E-state index is 0.131.